The van der Waals surface area contributed by atoms with Gasteiger partial charge in [0.05, 0.1) is 147 Å². The molecule has 398 valence electrons. The number of nitrogens with zero attached hydrogens (tertiary/aromatic N) is 8. The summed E-state index contributed by atoms with van der Waals surface area (Å²) in [4.78, 5) is 110. The first-order valence-corrected chi connectivity index (χ1v) is 23.9. The predicted molar refractivity (Wildman–Crippen MR) is 246 cm³/mol. The third-order valence-corrected chi connectivity index (χ3v) is 10.9. The molecule has 0 radical (unpaired) electrons. The minimum absolute atomic E-state index is 0.109. The quantitative estimate of drug-likeness (QED) is 0.0456. The van der Waals surface area contributed by atoms with Crippen molar-refractivity contribution in [2.75, 3.05) is 52.9 Å². The fraction of sp³-hybridized carbons (Fsp3) is 0.680. The van der Waals surface area contributed by atoms with Gasteiger partial charge in [-0.15, -0.1) is 0 Å². The minimum atomic E-state index is -1.56. The van der Waals surface area contributed by atoms with E-state index >= 15 is 0 Å². The van der Waals surface area contributed by atoms with Crippen LogP contribution in [0.3, 0.4) is 0 Å². The fourth-order valence-corrected chi connectivity index (χ4v) is 7.29. The first-order chi connectivity index (χ1) is 35.6. The maximum Gasteiger partial charge on any atom is 0.309 e. The second-order valence-electron chi connectivity index (χ2n) is 16.4. The molecule has 0 aliphatic heterocycles. The zero-order valence-electron chi connectivity index (χ0n) is 41.7. The molecule has 0 aromatic carbocycles. The summed E-state index contributed by atoms with van der Waals surface area (Å²) in [7, 11) is 0. The van der Waals surface area contributed by atoms with Crippen LogP contribution in [0.15, 0.2) is 0 Å². The van der Waals surface area contributed by atoms with E-state index in [9.17, 15) is 59.4 Å². The van der Waals surface area contributed by atoms with Crippen molar-refractivity contribution >= 4 is 47.8 Å². The van der Waals surface area contributed by atoms with Crippen molar-refractivity contribution in [3.63, 3.8) is 0 Å². The van der Waals surface area contributed by atoms with E-state index in [1.165, 1.54) is 6.92 Å². The van der Waals surface area contributed by atoms with Gasteiger partial charge in [0.1, 0.15) is 52.9 Å². The van der Waals surface area contributed by atoms with E-state index in [1.54, 1.807) is 6.92 Å². The van der Waals surface area contributed by atoms with E-state index in [2.05, 4.69) is 0 Å². The summed E-state index contributed by atoms with van der Waals surface area (Å²) in [6.45, 7) is -0.0683. The topological polar surface area (TPSA) is 401 Å². The average Bonchev–Trinajstić information content (AvgIpc) is 3.38. The van der Waals surface area contributed by atoms with Gasteiger partial charge in [0.2, 0.25) is 0 Å². The van der Waals surface area contributed by atoms with E-state index < -0.39 is 154 Å². The highest BCUT2D eigenvalue weighted by Gasteiger charge is 2.41. The third-order valence-electron chi connectivity index (χ3n) is 10.9. The van der Waals surface area contributed by atoms with Crippen molar-refractivity contribution in [2.45, 2.75) is 117 Å². The van der Waals surface area contributed by atoms with E-state index in [4.69, 9.17) is 58.9 Å². The highest BCUT2D eigenvalue weighted by atomic mass is 16.6. The Labute approximate surface area is 430 Å². The molecule has 24 heteroatoms. The number of rotatable bonds is 39. The molecule has 0 bridgehead atoms. The molecule has 0 N–H and O–H groups in total. The zero-order chi connectivity index (χ0) is 55.5. The summed E-state index contributed by atoms with van der Waals surface area (Å²) in [6.07, 6.45) is -5.21. The van der Waals surface area contributed by atoms with Crippen LogP contribution in [0.1, 0.15) is 117 Å². The number of nitriles is 8. The van der Waals surface area contributed by atoms with Crippen molar-refractivity contribution in [1.29, 1.82) is 42.1 Å². The molecular formula is C50H62N8O16. The van der Waals surface area contributed by atoms with Gasteiger partial charge in [-0.25, -0.2) is 0 Å². The van der Waals surface area contributed by atoms with Crippen LogP contribution in [0, 0.1) is 138 Å². The summed E-state index contributed by atoms with van der Waals surface area (Å²) in [5.41, 5.74) is 0. The lowest BCUT2D eigenvalue weighted by molar-refractivity contribution is -0.158. The molecule has 0 spiro atoms. The second kappa shape index (κ2) is 41.3. The lowest BCUT2D eigenvalue weighted by Gasteiger charge is -2.29. The van der Waals surface area contributed by atoms with Gasteiger partial charge < -0.3 is 37.9 Å². The van der Waals surface area contributed by atoms with Crippen LogP contribution in [-0.4, -0.2) is 101 Å². The maximum absolute atomic E-state index is 14.2. The Bertz CT molecular complexity index is 2180. The number of ether oxygens (including phenoxy) is 8. The highest BCUT2D eigenvalue weighted by molar-refractivity contribution is 5.81. The molecule has 0 fully saturated rings. The summed E-state index contributed by atoms with van der Waals surface area (Å²) in [5, 5.41) is 72.9. The van der Waals surface area contributed by atoms with Gasteiger partial charge in [-0.3, -0.25) is 38.4 Å². The molecule has 0 rings (SSSR count). The second-order valence-corrected chi connectivity index (χ2v) is 16.4. The largest absolute Gasteiger partial charge is 0.464 e. The molecule has 74 heavy (non-hydrogen) atoms. The molecule has 0 saturated heterocycles. The van der Waals surface area contributed by atoms with Gasteiger partial charge in [-0.05, 0) is 51.4 Å². The number of carbonyl (C=O) groups excluding carboxylic acids is 8. The third kappa shape index (κ3) is 28.5. The molecule has 24 nitrogen and oxygen atoms in total. The number of hydrogen-bond donors (Lipinski definition) is 0. The smallest absolute Gasteiger partial charge is 0.309 e. The van der Waals surface area contributed by atoms with Crippen molar-refractivity contribution in [3.05, 3.63) is 0 Å². The molecular weight excluding hydrogens is 969 g/mol. The first kappa shape index (κ1) is 65.7. The van der Waals surface area contributed by atoms with E-state index in [1.807, 2.05) is 48.6 Å². The van der Waals surface area contributed by atoms with E-state index in [-0.39, 0.29) is 97.1 Å². The van der Waals surface area contributed by atoms with Gasteiger partial charge in [-0.2, -0.15) is 42.1 Å². The summed E-state index contributed by atoms with van der Waals surface area (Å²) in [5.74, 6) is -18.6. The maximum atomic E-state index is 14.2. The van der Waals surface area contributed by atoms with E-state index in [0.29, 0.717) is 0 Å². The fourth-order valence-electron chi connectivity index (χ4n) is 7.29. The number of hydrogen-bond acceptors (Lipinski definition) is 24. The zero-order valence-corrected chi connectivity index (χ0v) is 41.7. The molecule has 8 atom stereocenters. The van der Waals surface area contributed by atoms with Gasteiger partial charge in [0.15, 0.2) is 0 Å². The van der Waals surface area contributed by atoms with Crippen molar-refractivity contribution in [3.8, 4) is 48.6 Å². The first-order valence-electron chi connectivity index (χ1n) is 23.9. The lowest BCUT2D eigenvalue weighted by atomic mass is 9.77. The van der Waals surface area contributed by atoms with Crippen LogP contribution in [0.4, 0.5) is 0 Å². The molecule has 0 aliphatic carbocycles. The summed E-state index contributed by atoms with van der Waals surface area (Å²) in [6, 6.07) is 14.6. The van der Waals surface area contributed by atoms with Crippen LogP contribution < -0.4 is 0 Å². The van der Waals surface area contributed by atoms with Crippen LogP contribution in [0.2, 0.25) is 0 Å². The Balaban J connectivity index is 7.86. The average molecular weight is 1030 g/mol. The highest BCUT2D eigenvalue weighted by Crippen LogP contribution is 2.35. The molecule has 0 aromatic heterocycles. The van der Waals surface area contributed by atoms with Crippen molar-refractivity contribution < 1.29 is 76.3 Å². The normalized spacial score (nSPS) is 13.4. The SMILES string of the molecule is CCC(CC(CC(CC(CC(CC(CC(CC(C)C(=O)OCCC#N)C(=O)OCCC#N)C(=O)OCCC#N)C(=O)OCCC#N)C(=O)OCCC#N)C(=O)OCCC#N)C(=O)OCCC#N)C(=O)OCCC#N. The minimum Gasteiger partial charge on any atom is -0.464 e. The Hall–Kier alpha value is -8.32. The Morgan fingerprint density at radius 2 is 0.446 bits per heavy atom. The van der Waals surface area contributed by atoms with E-state index in [0.717, 1.165) is 0 Å². The Morgan fingerprint density at radius 3 is 0.635 bits per heavy atom. The van der Waals surface area contributed by atoms with Gasteiger partial charge in [0, 0.05) is 0 Å². The summed E-state index contributed by atoms with van der Waals surface area (Å²) >= 11 is 0. The number of esters is 8. The molecule has 8 unspecified atom stereocenters. The Kier molecular flexibility index (Phi) is 36.7. The molecule has 0 aromatic rings. The standard InChI is InChI=1S/C50H62N8O16/c1-3-36(44(60)68-21-5-13-52)29-38(46(62)70-23-7-15-54)31-40(48(64)72-25-9-17-56)33-42(50(66)74-27-11-19-58)34-41(49(65)73-26-10-18-57)32-39(47(63)71-24-8-16-55)30-37(45(61)69-22-6-14-53)28-35(2)43(59)67-20-4-12-51/h35-42H,3-11,20-34H2,1-2H3. The van der Waals surface area contributed by atoms with Crippen LogP contribution in [0.25, 0.3) is 0 Å². The predicted octanol–water partition coefficient (Wildman–Crippen LogP) is 4.73. The van der Waals surface area contributed by atoms with Crippen molar-refractivity contribution in [1.82, 2.24) is 0 Å². The molecule has 0 saturated carbocycles. The molecule has 0 aliphatic rings. The van der Waals surface area contributed by atoms with Crippen molar-refractivity contribution in [2.24, 2.45) is 47.3 Å². The van der Waals surface area contributed by atoms with Crippen LogP contribution in [-0.2, 0) is 76.3 Å². The molecule has 0 amide bonds. The van der Waals surface area contributed by atoms with Gasteiger partial charge >= 0.3 is 47.8 Å². The summed E-state index contributed by atoms with van der Waals surface area (Å²) < 4.78 is 42.6. The monoisotopic (exact) mass is 1030 g/mol. The van der Waals surface area contributed by atoms with Crippen LogP contribution in [0.5, 0.6) is 0 Å². The van der Waals surface area contributed by atoms with Gasteiger partial charge in [0.25, 0.3) is 0 Å². The Morgan fingerprint density at radius 1 is 0.284 bits per heavy atom. The molecule has 0 heterocycles. The lowest BCUT2D eigenvalue weighted by Crippen LogP contribution is -2.35. The number of carbonyl (C=O) groups is 8. The van der Waals surface area contributed by atoms with Gasteiger partial charge in [-0.1, -0.05) is 13.8 Å². The van der Waals surface area contributed by atoms with Crippen LogP contribution >= 0.6 is 0 Å².